The van der Waals surface area contributed by atoms with Gasteiger partial charge < -0.3 is 19.5 Å². The second-order valence-corrected chi connectivity index (χ2v) is 6.93. The molecule has 1 aliphatic rings. The van der Waals surface area contributed by atoms with Crippen molar-refractivity contribution >= 4 is 23.5 Å². The summed E-state index contributed by atoms with van der Waals surface area (Å²) in [6.45, 7) is 6.03. The van der Waals surface area contributed by atoms with Crippen LogP contribution in [0.15, 0.2) is 12.1 Å². The number of halogens is 1. The minimum absolute atomic E-state index is 0.199. The van der Waals surface area contributed by atoms with Gasteiger partial charge in [0.05, 0.1) is 24.3 Å². The fraction of sp³-hybridized carbons (Fsp3) is 0.556. The highest BCUT2D eigenvalue weighted by Crippen LogP contribution is 2.37. The van der Waals surface area contributed by atoms with Gasteiger partial charge in [0.25, 0.3) is 5.91 Å². The van der Waals surface area contributed by atoms with E-state index in [2.05, 4.69) is 5.32 Å². The molecule has 1 atom stereocenters. The highest BCUT2D eigenvalue weighted by Gasteiger charge is 2.28. The molecule has 1 aromatic carbocycles. The van der Waals surface area contributed by atoms with Gasteiger partial charge in [-0.2, -0.15) is 0 Å². The van der Waals surface area contributed by atoms with E-state index in [4.69, 9.17) is 25.8 Å². The Balaban J connectivity index is 2.08. The SMILES string of the molecule is COc1cc(C(=O)O[C@H](C)C(=O)NC2CC2)cc(Cl)c1OCC(C)C. The van der Waals surface area contributed by atoms with Gasteiger partial charge in [-0.1, -0.05) is 25.4 Å². The third-order valence-electron chi connectivity index (χ3n) is 3.60. The lowest BCUT2D eigenvalue weighted by Gasteiger charge is -2.16. The van der Waals surface area contributed by atoms with Crippen LogP contribution in [0.4, 0.5) is 0 Å². The molecule has 138 valence electrons. The summed E-state index contributed by atoms with van der Waals surface area (Å²) in [5.41, 5.74) is 0.199. The number of methoxy groups -OCH3 is 1. The lowest BCUT2D eigenvalue weighted by Crippen LogP contribution is -2.37. The second-order valence-electron chi connectivity index (χ2n) is 6.52. The third-order valence-corrected chi connectivity index (χ3v) is 3.88. The number of carbonyl (C=O) groups is 2. The molecular formula is C18H24ClNO5. The summed E-state index contributed by atoms with van der Waals surface area (Å²) in [6.07, 6.45) is 1.06. The van der Waals surface area contributed by atoms with Gasteiger partial charge in [0.2, 0.25) is 0 Å². The van der Waals surface area contributed by atoms with Gasteiger partial charge in [-0.15, -0.1) is 0 Å². The Morgan fingerprint density at radius 1 is 1.28 bits per heavy atom. The Morgan fingerprint density at radius 2 is 1.96 bits per heavy atom. The maximum absolute atomic E-state index is 12.3. The van der Waals surface area contributed by atoms with Gasteiger partial charge in [-0.25, -0.2) is 4.79 Å². The smallest absolute Gasteiger partial charge is 0.339 e. The van der Waals surface area contributed by atoms with E-state index < -0.39 is 12.1 Å². The second kappa shape index (κ2) is 8.43. The summed E-state index contributed by atoms with van der Waals surface area (Å²) >= 11 is 6.22. The first kappa shape index (κ1) is 19.4. The van der Waals surface area contributed by atoms with E-state index in [0.717, 1.165) is 12.8 Å². The topological polar surface area (TPSA) is 73.9 Å². The highest BCUT2D eigenvalue weighted by atomic mass is 35.5. The maximum Gasteiger partial charge on any atom is 0.339 e. The summed E-state index contributed by atoms with van der Waals surface area (Å²) in [4.78, 5) is 24.2. The molecule has 0 spiro atoms. The van der Waals surface area contributed by atoms with Crippen molar-refractivity contribution in [1.29, 1.82) is 0 Å². The van der Waals surface area contributed by atoms with E-state index in [1.54, 1.807) is 0 Å². The first-order valence-corrected chi connectivity index (χ1v) is 8.71. The molecule has 0 saturated heterocycles. The molecule has 0 aromatic heterocycles. The monoisotopic (exact) mass is 369 g/mol. The summed E-state index contributed by atoms with van der Waals surface area (Å²) in [5.74, 6) is 0.0974. The number of rotatable bonds is 8. The van der Waals surface area contributed by atoms with E-state index in [1.807, 2.05) is 13.8 Å². The average Bonchev–Trinajstić information content (AvgIpc) is 3.36. The van der Waals surface area contributed by atoms with Crippen LogP contribution in [0.1, 0.15) is 44.0 Å². The van der Waals surface area contributed by atoms with E-state index in [-0.39, 0.29) is 22.5 Å². The summed E-state index contributed by atoms with van der Waals surface area (Å²) in [6, 6.07) is 3.16. The zero-order chi connectivity index (χ0) is 18.6. The Bertz CT molecular complexity index is 643. The Labute approximate surface area is 152 Å². The van der Waals surface area contributed by atoms with Gasteiger partial charge in [0.15, 0.2) is 17.6 Å². The standard InChI is InChI=1S/C18H24ClNO5/c1-10(2)9-24-16-14(19)7-12(8-15(16)23-4)18(22)25-11(3)17(21)20-13-5-6-13/h7-8,10-11,13H,5-6,9H2,1-4H3,(H,20,21)/t11-/m1/s1. The zero-order valence-electron chi connectivity index (χ0n) is 14.9. The predicted octanol–water partition coefficient (Wildman–Crippen LogP) is 3.21. The van der Waals surface area contributed by atoms with E-state index in [0.29, 0.717) is 24.0 Å². The van der Waals surface area contributed by atoms with Crippen LogP contribution in [0.5, 0.6) is 11.5 Å². The van der Waals surface area contributed by atoms with Gasteiger partial charge in [0.1, 0.15) is 0 Å². The van der Waals surface area contributed by atoms with Crippen molar-refractivity contribution in [2.75, 3.05) is 13.7 Å². The van der Waals surface area contributed by atoms with Crippen LogP contribution in [0, 0.1) is 5.92 Å². The molecule has 1 aromatic rings. The maximum atomic E-state index is 12.3. The van der Waals surface area contributed by atoms with Crippen molar-refractivity contribution in [3.8, 4) is 11.5 Å². The van der Waals surface area contributed by atoms with E-state index in [9.17, 15) is 9.59 Å². The average molecular weight is 370 g/mol. The van der Waals surface area contributed by atoms with E-state index >= 15 is 0 Å². The minimum Gasteiger partial charge on any atom is -0.493 e. The van der Waals surface area contributed by atoms with Gasteiger partial charge in [-0.3, -0.25) is 4.79 Å². The third kappa shape index (κ3) is 5.53. The molecule has 0 bridgehead atoms. The molecule has 7 heteroatoms. The van der Waals surface area contributed by atoms with Crippen molar-refractivity contribution in [1.82, 2.24) is 5.32 Å². The largest absolute Gasteiger partial charge is 0.493 e. The molecule has 0 radical (unpaired) electrons. The summed E-state index contributed by atoms with van der Waals surface area (Å²) in [7, 11) is 1.47. The van der Waals surface area contributed by atoms with Crippen LogP contribution in [0.2, 0.25) is 5.02 Å². The molecule has 1 fully saturated rings. The summed E-state index contributed by atoms with van der Waals surface area (Å²) in [5, 5.41) is 3.05. The zero-order valence-corrected chi connectivity index (χ0v) is 15.7. The number of benzene rings is 1. The summed E-state index contributed by atoms with van der Waals surface area (Å²) < 4.78 is 16.1. The Morgan fingerprint density at radius 3 is 2.52 bits per heavy atom. The van der Waals surface area contributed by atoms with Gasteiger partial charge in [-0.05, 0) is 37.8 Å². The normalized spacial score (nSPS) is 14.8. The van der Waals surface area contributed by atoms with Crippen molar-refractivity contribution in [3.63, 3.8) is 0 Å². The fourth-order valence-electron chi connectivity index (χ4n) is 2.06. The molecule has 25 heavy (non-hydrogen) atoms. The first-order valence-electron chi connectivity index (χ1n) is 8.33. The highest BCUT2D eigenvalue weighted by molar-refractivity contribution is 6.32. The van der Waals surface area contributed by atoms with E-state index in [1.165, 1.54) is 26.2 Å². The van der Waals surface area contributed by atoms with Crippen molar-refractivity contribution in [3.05, 3.63) is 22.7 Å². The number of carbonyl (C=O) groups excluding carboxylic acids is 2. The molecular weight excluding hydrogens is 346 g/mol. The van der Waals surface area contributed by atoms with Crippen LogP contribution < -0.4 is 14.8 Å². The minimum atomic E-state index is -0.880. The Kier molecular flexibility index (Phi) is 6.53. The molecule has 0 heterocycles. The van der Waals surface area contributed by atoms with Crippen LogP contribution in [-0.2, 0) is 9.53 Å². The number of hydrogen-bond donors (Lipinski definition) is 1. The quantitative estimate of drug-likeness (QED) is 0.712. The molecule has 1 aliphatic carbocycles. The molecule has 0 unspecified atom stereocenters. The number of esters is 1. The Hall–Kier alpha value is -1.95. The van der Waals surface area contributed by atoms with Gasteiger partial charge in [0, 0.05) is 6.04 Å². The molecule has 1 amide bonds. The van der Waals surface area contributed by atoms with Crippen molar-refractivity contribution < 1.29 is 23.8 Å². The van der Waals surface area contributed by atoms with Crippen LogP contribution in [0.3, 0.4) is 0 Å². The molecule has 1 N–H and O–H groups in total. The number of amides is 1. The molecule has 1 saturated carbocycles. The molecule has 6 nitrogen and oxygen atoms in total. The lowest BCUT2D eigenvalue weighted by molar-refractivity contribution is -0.129. The molecule has 0 aliphatic heterocycles. The predicted molar refractivity (Wildman–Crippen MR) is 94.4 cm³/mol. The van der Waals surface area contributed by atoms with Crippen LogP contribution in [-0.4, -0.2) is 37.7 Å². The van der Waals surface area contributed by atoms with Crippen LogP contribution >= 0.6 is 11.6 Å². The van der Waals surface area contributed by atoms with Crippen molar-refractivity contribution in [2.24, 2.45) is 5.92 Å². The fourth-order valence-corrected chi connectivity index (χ4v) is 2.32. The van der Waals surface area contributed by atoms with Crippen molar-refractivity contribution in [2.45, 2.75) is 45.8 Å². The lowest BCUT2D eigenvalue weighted by atomic mass is 10.2. The van der Waals surface area contributed by atoms with Crippen LogP contribution in [0.25, 0.3) is 0 Å². The molecule has 2 rings (SSSR count). The number of hydrogen-bond acceptors (Lipinski definition) is 5. The number of nitrogens with one attached hydrogen (secondary N) is 1. The van der Waals surface area contributed by atoms with Gasteiger partial charge >= 0.3 is 5.97 Å². The first-order chi connectivity index (χ1) is 11.8. The number of ether oxygens (including phenoxy) is 3.